The van der Waals surface area contributed by atoms with E-state index in [2.05, 4.69) is 10.6 Å². The molecule has 1 aliphatic heterocycles. The van der Waals surface area contributed by atoms with Gasteiger partial charge in [0.05, 0.1) is 5.92 Å². The van der Waals surface area contributed by atoms with Crippen LogP contribution in [0.3, 0.4) is 0 Å². The smallest absolute Gasteiger partial charge is 0.224 e. The number of carbonyl (C=O) groups excluding carboxylic acids is 1. The van der Waals surface area contributed by atoms with Crippen LogP contribution in [-0.4, -0.2) is 25.5 Å². The lowest BCUT2D eigenvalue weighted by Gasteiger charge is -2.21. The zero-order valence-electron chi connectivity index (χ0n) is 7.43. The second kappa shape index (κ2) is 6.26. The van der Waals surface area contributed by atoms with Crippen molar-refractivity contribution in [3.63, 3.8) is 0 Å². The lowest BCUT2D eigenvalue weighted by Crippen LogP contribution is -2.40. The van der Waals surface area contributed by atoms with Gasteiger partial charge in [-0.25, -0.2) is 0 Å². The molecule has 1 rings (SSSR count). The summed E-state index contributed by atoms with van der Waals surface area (Å²) in [4.78, 5) is 11.2. The number of carbonyl (C=O) groups is 1. The van der Waals surface area contributed by atoms with Crippen molar-refractivity contribution in [2.24, 2.45) is 5.92 Å². The summed E-state index contributed by atoms with van der Waals surface area (Å²) in [5, 5.41) is 6.05. The monoisotopic (exact) mass is 192 g/mol. The molecule has 0 aromatic rings. The van der Waals surface area contributed by atoms with Gasteiger partial charge in [-0.2, -0.15) is 0 Å². The van der Waals surface area contributed by atoms with Crippen LogP contribution in [0.25, 0.3) is 0 Å². The van der Waals surface area contributed by atoms with Gasteiger partial charge < -0.3 is 10.6 Å². The van der Waals surface area contributed by atoms with Gasteiger partial charge in [0.15, 0.2) is 0 Å². The molecule has 0 bridgehead atoms. The van der Waals surface area contributed by atoms with Crippen molar-refractivity contribution in [2.45, 2.75) is 19.8 Å². The largest absolute Gasteiger partial charge is 0.356 e. The fraction of sp³-hybridized carbons (Fsp3) is 0.875. The van der Waals surface area contributed by atoms with Crippen LogP contribution in [-0.2, 0) is 4.79 Å². The van der Waals surface area contributed by atoms with Gasteiger partial charge in [-0.05, 0) is 26.3 Å². The maximum Gasteiger partial charge on any atom is 0.224 e. The quantitative estimate of drug-likeness (QED) is 0.671. The Bertz CT molecular complexity index is 135. The van der Waals surface area contributed by atoms with Gasteiger partial charge in [-0.15, -0.1) is 12.4 Å². The Hall–Kier alpha value is -0.280. The summed E-state index contributed by atoms with van der Waals surface area (Å²) < 4.78 is 0. The number of halogens is 1. The van der Waals surface area contributed by atoms with E-state index in [4.69, 9.17) is 0 Å². The average Bonchev–Trinajstić information content (AvgIpc) is 2.07. The van der Waals surface area contributed by atoms with E-state index < -0.39 is 0 Å². The SMILES string of the molecule is CCNC(=O)[C@H]1CCCNC1.Cl. The number of amides is 1. The van der Waals surface area contributed by atoms with Crippen LogP contribution >= 0.6 is 12.4 Å². The van der Waals surface area contributed by atoms with Crippen LogP contribution in [0.4, 0.5) is 0 Å². The molecule has 1 fully saturated rings. The summed E-state index contributed by atoms with van der Waals surface area (Å²) in [6, 6.07) is 0. The third-order valence-corrected chi connectivity index (χ3v) is 2.02. The Balaban J connectivity index is 0.00000121. The number of nitrogens with one attached hydrogen (secondary N) is 2. The van der Waals surface area contributed by atoms with Crippen LogP contribution in [0.15, 0.2) is 0 Å². The van der Waals surface area contributed by atoms with E-state index in [1.807, 2.05) is 6.92 Å². The second-order valence-electron chi connectivity index (χ2n) is 2.94. The van der Waals surface area contributed by atoms with Gasteiger partial charge in [0.1, 0.15) is 0 Å². The molecule has 1 heterocycles. The van der Waals surface area contributed by atoms with Gasteiger partial charge in [0.2, 0.25) is 5.91 Å². The highest BCUT2D eigenvalue weighted by Crippen LogP contribution is 2.08. The van der Waals surface area contributed by atoms with Crippen molar-refractivity contribution in [2.75, 3.05) is 19.6 Å². The zero-order chi connectivity index (χ0) is 8.10. The molecule has 1 atom stereocenters. The summed E-state index contributed by atoms with van der Waals surface area (Å²) in [6.07, 6.45) is 2.17. The first-order valence-electron chi connectivity index (χ1n) is 4.33. The fourth-order valence-electron chi connectivity index (χ4n) is 1.39. The van der Waals surface area contributed by atoms with E-state index in [0.29, 0.717) is 0 Å². The molecule has 0 saturated carbocycles. The van der Waals surface area contributed by atoms with E-state index in [0.717, 1.165) is 32.5 Å². The summed E-state index contributed by atoms with van der Waals surface area (Å²) in [5.74, 6) is 0.420. The molecular weight excluding hydrogens is 176 g/mol. The lowest BCUT2D eigenvalue weighted by atomic mass is 9.99. The first-order chi connectivity index (χ1) is 5.34. The van der Waals surface area contributed by atoms with Crippen molar-refractivity contribution in [1.82, 2.24) is 10.6 Å². The van der Waals surface area contributed by atoms with E-state index in [1.165, 1.54) is 0 Å². The van der Waals surface area contributed by atoms with E-state index >= 15 is 0 Å². The highest BCUT2D eigenvalue weighted by molar-refractivity contribution is 5.85. The molecule has 72 valence electrons. The zero-order valence-corrected chi connectivity index (χ0v) is 8.25. The van der Waals surface area contributed by atoms with Crippen molar-refractivity contribution >= 4 is 18.3 Å². The summed E-state index contributed by atoms with van der Waals surface area (Å²) in [5.41, 5.74) is 0. The number of piperidine rings is 1. The molecule has 2 N–H and O–H groups in total. The average molecular weight is 193 g/mol. The van der Waals surface area contributed by atoms with Crippen LogP contribution in [0.2, 0.25) is 0 Å². The Morgan fingerprint density at radius 2 is 2.42 bits per heavy atom. The summed E-state index contributed by atoms with van der Waals surface area (Å²) in [6.45, 7) is 4.62. The molecule has 12 heavy (non-hydrogen) atoms. The van der Waals surface area contributed by atoms with Crippen molar-refractivity contribution in [1.29, 1.82) is 0 Å². The lowest BCUT2D eigenvalue weighted by molar-refractivity contribution is -0.125. The first-order valence-corrected chi connectivity index (χ1v) is 4.33. The fourth-order valence-corrected chi connectivity index (χ4v) is 1.39. The minimum absolute atomic E-state index is 0. The molecule has 0 unspecified atom stereocenters. The van der Waals surface area contributed by atoms with Crippen molar-refractivity contribution in [3.8, 4) is 0 Å². The maximum absolute atomic E-state index is 11.2. The Kier molecular flexibility index (Phi) is 6.11. The standard InChI is InChI=1S/C8H16N2O.ClH/c1-2-10-8(11)7-4-3-5-9-6-7;/h7,9H,2-6H2,1H3,(H,10,11);1H/t7-;/m0./s1. The van der Waals surface area contributed by atoms with Crippen molar-refractivity contribution < 1.29 is 4.79 Å². The maximum atomic E-state index is 11.2. The molecule has 1 saturated heterocycles. The number of rotatable bonds is 2. The van der Waals surface area contributed by atoms with Gasteiger partial charge in [0, 0.05) is 13.1 Å². The molecule has 0 spiro atoms. The van der Waals surface area contributed by atoms with Crippen LogP contribution < -0.4 is 10.6 Å². The van der Waals surface area contributed by atoms with E-state index in [-0.39, 0.29) is 24.2 Å². The minimum atomic E-state index is 0. The van der Waals surface area contributed by atoms with Gasteiger partial charge in [-0.1, -0.05) is 0 Å². The normalized spacial score (nSPS) is 22.6. The molecule has 0 aromatic carbocycles. The molecule has 0 radical (unpaired) electrons. The summed E-state index contributed by atoms with van der Waals surface area (Å²) in [7, 11) is 0. The third-order valence-electron chi connectivity index (χ3n) is 2.02. The Morgan fingerprint density at radius 3 is 2.92 bits per heavy atom. The number of hydrogen-bond acceptors (Lipinski definition) is 2. The predicted octanol–water partition coefficient (Wildman–Crippen LogP) is 0.544. The van der Waals surface area contributed by atoms with Gasteiger partial charge in [0.25, 0.3) is 0 Å². The Labute approximate surface area is 79.7 Å². The van der Waals surface area contributed by atoms with Gasteiger partial charge >= 0.3 is 0 Å². The molecule has 4 heteroatoms. The van der Waals surface area contributed by atoms with E-state index in [9.17, 15) is 4.79 Å². The highest BCUT2D eigenvalue weighted by Gasteiger charge is 2.19. The molecule has 0 aliphatic carbocycles. The highest BCUT2D eigenvalue weighted by atomic mass is 35.5. The van der Waals surface area contributed by atoms with Crippen molar-refractivity contribution in [3.05, 3.63) is 0 Å². The molecule has 3 nitrogen and oxygen atoms in total. The molecule has 0 aromatic heterocycles. The molecule has 1 amide bonds. The minimum Gasteiger partial charge on any atom is -0.356 e. The molecule has 1 aliphatic rings. The first kappa shape index (κ1) is 11.7. The number of hydrogen-bond donors (Lipinski definition) is 2. The third kappa shape index (κ3) is 3.41. The predicted molar refractivity (Wildman–Crippen MR) is 51.5 cm³/mol. The molecular formula is C8H17ClN2O. The Morgan fingerprint density at radius 1 is 1.67 bits per heavy atom. The van der Waals surface area contributed by atoms with Crippen LogP contribution in [0.1, 0.15) is 19.8 Å². The summed E-state index contributed by atoms with van der Waals surface area (Å²) >= 11 is 0. The van der Waals surface area contributed by atoms with E-state index in [1.54, 1.807) is 0 Å². The second-order valence-corrected chi connectivity index (χ2v) is 2.94. The topological polar surface area (TPSA) is 41.1 Å². The van der Waals surface area contributed by atoms with Crippen LogP contribution in [0, 0.1) is 5.92 Å². The van der Waals surface area contributed by atoms with Gasteiger partial charge in [-0.3, -0.25) is 4.79 Å². The van der Waals surface area contributed by atoms with Crippen LogP contribution in [0.5, 0.6) is 0 Å².